The predicted octanol–water partition coefficient (Wildman–Crippen LogP) is 2.57. The quantitative estimate of drug-likeness (QED) is 0.859. The number of rotatable bonds is 5. The molecule has 1 amide bonds. The summed E-state index contributed by atoms with van der Waals surface area (Å²) in [5, 5.41) is 5.10. The Bertz CT molecular complexity index is 626. The summed E-state index contributed by atoms with van der Waals surface area (Å²) in [5.74, 6) is 2.92. The summed E-state index contributed by atoms with van der Waals surface area (Å²) >= 11 is 1.42. The average Bonchev–Trinajstić information content (AvgIpc) is 2.96. The molecule has 0 unspecified atom stereocenters. The number of nitrogens with zero attached hydrogens (tertiary/aromatic N) is 1. The molecule has 2 aromatic rings. The SMILES string of the molecule is C#CCNC(=O)c1csc(-c2ccc(OCC)cc2)n1. The van der Waals surface area contributed by atoms with Gasteiger partial charge in [0.1, 0.15) is 16.5 Å². The van der Waals surface area contributed by atoms with E-state index >= 15 is 0 Å². The number of hydrogen-bond acceptors (Lipinski definition) is 4. The fourth-order valence-electron chi connectivity index (χ4n) is 1.59. The first kappa shape index (κ1) is 14.1. The molecule has 0 saturated heterocycles. The van der Waals surface area contributed by atoms with Crippen LogP contribution in [0.15, 0.2) is 29.6 Å². The zero-order valence-corrected chi connectivity index (χ0v) is 11.9. The molecule has 0 aliphatic carbocycles. The smallest absolute Gasteiger partial charge is 0.271 e. The van der Waals surface area contributed by atoms with Gasteiger partial charge in [-0.3, -0.25) is 4.79 Å². The van der Waals surface area contributed by atoms with Gasteiger partial charge in [0.15, 0.2) is 0 Å². The van der Waals surface area contributed by atoms with Gasteiger partial charge >= 0.3 is 0 Å². The zero-order valence-electron chi connectivity index (χ0n) is 11.1. The van der Waals surface area contributed by atoms with Crippen LogP contribution in [0.25, 0.3) is 10.6 Å². The van der Waals surface area contributed by atoms with E-state index in [1.54, 1.807) is 5.38 Å². The van der Waals surface area contributed by atoms with Gasteiger partial charge in [0.05, 0.1) is 13.2 Å². The molecule has 4 nitrogen and oxygen atoms in total. The summed E-state index contributed by atoms with van der Waals surface area (Å²) < 4.78 is 5.38. The Labute approximate surface area is 121 Å². The Morgan fingerprint density at radius 2 is 2.20 bits per heavy atom. The number of ether oxygens (including phenoxy) is 1. The lowest BCUT2D eigenvalue weighted by molar-refractivity contribution is 0.0954. The van der Waals surface area contributed by atoms with Gasteiger partial charge in [0.2, 0.25) is 0 Å². The number of terminal acetylenes is 1. The van der Waals surface area contributed by atoms with Gasteiger partial charge in [-0.25, -0.2) is 4.98 Å². The first-order valence-corrected chi connectivity index (χ1v) is 7.03. The summed E-state index contributed by atoms with van der Waals surface area (Å²) in [5.41, 5.74) is 1.34. The first-order valence-electron chi connectivity index (χ1n) is 6.15. The van der Waals surface area contributed by atoms with Crippen molar-refractivity contribution >= 4 is 17.2 Å². The maximum atomic E-state index is 11.7. The second-order valence-electron chi connectivity index (χ2n) is 3.88. The molecule has 0 aliphatic rings. The van der Waals surface area contributed by atoms with Crippen LogP contribution in [0.3, 0.4) is 0 Å². The van der Waals surface area contributed by atoms with Gasteiger partial charge in [0, 0.05) is 10.9 Å². The Morgan fingerprint density at radius 1 is 1.45 bits per heavy atom. The number of benzene rings is 1. The number of carbonyl (C=O) groups excluding carboxylic acids is 1. The van der Waals surface area contributed by atoms with Crippen LogP contribution in [-0.2, 0) is 0 Å². The van der Waals surface area contributed by atoms with Gasteiger partial charge < -0.3 is 10.1 Å². The van der Waals surface area contributed by atoms with Gasteiger partial charge in [-0.2, -0.15) is 0 Å². The molecule has 2 rings (SSSR count). The molecule has 20 heavy (non-hydrogen) atoms. The predicted molar refractivity (Wildman–Crippen MR) is 79.9 cm³/mol. The number of thiazole rings is 1. The van der Waals surface area contributed by atoms with Crippen LogP contribution in [0.2, 0.25) is 0 Å². The van der Waals surface area contributed by atoms with Crippen LogP contribution in [0.4, 0.5) is 0 Å². The zero-order chi connectivity index (χ0) is 14.4. The second-order valence-corrected chi connectivity index (χ2v) is 4.74. The fourth-order valence-corrected chi connectivity index (χ4v) is 2.40. The van der Waals surface area contributed by atoms with E-state index in [0.29, 0.717) is 12.3 Å². The molecule has 0 aliphatic heterocycles. The van der Waals surface area contributed by atoms with E-state index in [2.05, 4.69) is 16.2 Å². The van der Waals surface area contributed by atoms with Crippen molar-refractivity contribution in [3.05, 3.63) is 35.3 Å². The second kappa shape index (κ2) is 6.73. The van der Waals surface area contributed by atoms with Crippen molar-refractivity contribution in [2.45, 2.75) is 6.92 Å². The Balaban J connectivity index is 2.12. The normalized spacial score (nSPS) is 9.80. The van der Waals surface area contributed by atoms with Crippen LogP contribution in [0.5, 0.6) is 5.75 Å². The topological polar surface area (TPSA) is 51.2 Å². The van der Waals surface area contributed by atoms with Crippen LogP contribution in [0, 0.1) is 12.3 Å². The summed E-state index contributed by atoms with van der Waals surface area (Å²) in [6.45, 7) is 2.78. The van der Waals surface area contributed by atoms with Crippen molar-refractivity contribution in [1.29, 1.82) is 0 Å². The third kappa shape index (κ3) is 3.37. The number of aromatic nitrogens is 1. The number of nitrogens with one attached hydrogen (secondary N) is 1. The number of hydrogen-bond donors (Lipinski definition) is 1. The molecule has 1 heterocycles. The number of carbonyl (C=O) groups is 1. The van der Waals surface area contributed by atoms with Gasteiger partial charge in [-0.15, -0.1) is 17.8 Å². The molecular weight excluding hydrogens is 272 g/mol. The number of amides is 1. The first-order chi connectivity index (χ1) is 9.74. The van der Waals surface area contributed by atoms with Crippen LogP contribution >= 0.6 is 11.3 Å². The maximum absolute atomic E-state index is 11.7. The molecule has 0 saturated carbocycles. The minimum Gasteiger partial charge on any atom is -0.494 e. The molecule has 1 aromatic heterocycles. The summed E-state index contributed by atoms with van der Waals surface area (Å²) in [6, 6.07) is 7.62. The molecule has 0 fully saturated rings. The largest absolute Gasteiger partial charge is 0.494 e. The molecule has 0 bridgehead atoms. The van der Waals surface area contributed by atoms with Crippen molar-refractivity contribution in [2.75, 3.05) is 13.2 Å². The lowest BCUT2D eigenvalue weighted by Crippen LogP contribution is -2.23. The molecule has 1 aromatic carbocycles. The van der Waals surface area contributed by atoms with E-state index < -0.39 is 0 Å². The molecule has 1 N–H and O–H groups in total. The van der Waals surface area contributed by atoms with Crippen molar-refractivity contribution in [1.82, 2.24) is 10.3 Å². The average molecular weight is 286 g/mol. The molecule has 0 atom stereocenters. The summed E-state index contributed by atoms with van der Waals surface area (Å²) in [4.78, 5) is 16.0. The lowest BCUT2D eigenvalue weighted by Gasteiger charge is -2.02. The third-order valence-corrected chi connectivity index (χ3v) is 3.39. The Kier molecular flexibility index (Phi) is 4.75. The molecule has 5 heteroatoms. The lowest BCUT2D eigenvalue weighted by atomic mass is 10.2. The van der Waals surface area contributed by atoms with Crippen LogP contribution in [0.1, 0.15) is 17.4 Å². The van der Waals surface area contributed by atoms with E-state index in [0.717, 1.165) is 16.3 Å². The van der Waals surface area contributed by atoms with Gasteiger partial charge in [-0.05, 0) is 31.2 Å². The molecule has 0 spiro atoms. The highest BCUT2D eigenvalue weighted by molar-refractivity contribution is 7.13. The Hall–Kier alpha value is -2.32. The molecule has 0 radical (unpaired) electrons. The third-order valence-electron chi connectivity index (χ3n) is 2.50. The summed E-state index contributed by atoms with van der Waals surface area (Å²) in [6.07, 6.45) is 5.10. The maximum Gasteiger partial charge on any atom is 0.271 e. The fraction of sp³-hybridized carbons (Fsp3) is 0.200. The highest BCUT2D eigenvalue weighted by Crippen LogP contribution is 2.25. The van der Waals surface area contributed by atoms with Crippen molar-refractivity contribution < 1.29 is 9.53 Å². The van der Waals surface area contributed by atoms with E-state index in [-0.39, 0.29) is 12.5 Å². The van der Waals surface area contributed by atoms with E-state index in [1.807, 2.05) is 31.2 Å². The minimum atomic E-state index is -0.253. The van der Waals surface area contributed by atoms with Crippen LogP contribution in [-0.4, -0.2) is 24.0 Å². The van der Waals surface area contributed by atoms with E-state index in [1.165, 1.54) is 11.3 Å². The summed E-state index contributed by atoms with van der Waals surface area (Å²) in [7, 11) is 0. The van der Waals surface area contributed by atoms with E-state index in [9.17, 15) is 4.79 Å². The van der Waals surface area contributed by atoms with Crippen molar-refractivity contribution in [3.8, 4) is 28.7 Å². The monoisotopic (exact) mass is 286 g/mol. The highest BCUT2D eigenvalue weighted by Gasteiger charge is 2.11. The minimum absolute atomic E-state index is 0.203. The molecule has 102 valence electrons. The van der Waals surface area contributed by atoms with Crippen LogP contribution < -0.4 is 10.1 Å². The van der Waals surface area contributed by atoms with Gasteiger partial charge in [0.25, 0.3) is 5.91 Å². The van der Waals surface area contributed by atoms with E-state index in [4.69, 9.17) is 11.2 Å². The standard InChI is InChI=1S/C15H14N2O2S/c1-3-9-16-14(18)13-10-20-15(17-13)11-5-7-12(8-6-11)19-4-2/h1,5-8,10H,4,9H2,2H3,(H,16,18). The van der Waals surface area contributed by atoms with Crippen molar-refractivity contribution in [3.63, 3.8) is 0 Å². The molecular formula is C15H14N2O2S. The van der Waals surface area contributed by atoms with Crippen molar-refractivity contribution in [2.24, 2.45) is 0 Å². The Morgan fingerprint density at radius 3 is 2.85 bits per heavy atom. The van der Waals surface area contributed by atoms with Gasteiger partial charge in [-0.1, -0.05) is 5.92 Å². The highest BCUT2D eigenvalue weighted by atomic mass is 32.1.